The van der Waals surface area contributed by atoms with E-state index >= 15 is 0 Å². The van der Waals surface area contributed by atoms with Crippen LogP contribution in [0.25, 0.3) is 0 Å². The minimum Gasteiger partial charge on any atom is -0.493 e. The Kier molecular flexibility index (Phi) is 3.98. The lowest BCUT2D eigenvalue weighted by Crippen LogP contribution is -2.35. The van der Waals surface area contributed by atoms with Gasteiger partial charge in [-0.2, -0.15) is 0 Å². The summed E-state index contributed by atoms with van der Waals surface area (Å²) in [5.41, 5.74) is 6.64. The summed E-state index contributed by atoms with van der Waals surface area (Å²) in [5.74, 6) is 1.27. The third-order valence-corrected chi connectivity index (χ3v) is 3.02. The average molecular weight is 234 g/mol. The minimum atomic E-state index is 0.122. The highest BCUT2D eigenvalue weighted by Gasteiger charge is 2.19. The van der Waals surface area contributed by atoms with Crippen LogP contribution >= 0.6 is 0 Å². The Bertz CT molecular complexity index is 393. The lowest BCUT2D eigenvalue weighted by atomic mass is 9.99. The van der Waals surface area contributed by atoms with Gasteiger partial charge in [0.1, 0.15) is 5.75 Å². The first kappa shape index (κ1) is 11.9. The molecule has 1 aromatic carbocycles. The monoisotopic (exact) mass is 234 g/mol. The third kappa shape index (κ3) is 3.20. The standard InChI is InChI=1S/C13H18N2O2/c14-8-11-3-1-2-4-12(11)17-9-10-5-6-15-13(16)7-10/h1-4,10H,5-9,14H2,(H,15,16). The normalized spacial score (nSPS) is 19.8. The maximum absolute atomic E-state index is 11.2. The molecule has 1 aromatic rings. The topological polar surface area (TPSA) is 64.3 Å². The van der Waals surface area contributed by atoms with Gasteiger partial charge in [0.2, 0.25) is 5.91 Å². The molecule has 3 N–H and O–H groups in total. The molecule has 1 amide bonds. The van der Waals surface area contributed by atoms with Crippen molar-refractivity contribution in [2.45, 2.75) is 19.4 Å². The number of nitrogens with one attached hydrogen (secondary N) is 1. The highest BCUT2D eigenvalue weighted by molar-refractivity contribution is 5.76. The largest absolute Gasteiger partial charge is 0.493 e. The number of amides is 1. The summed E-state index contributed by atoms with van der Waals surface area (Å²) in [6.45, 7) is 1.82. The molecule has 1 heterocycles. The van der Waals surface area contributed by atoms with E-state index in [1.165, 1.54) is 0 Å². The molecule has 17 heavy (non-hydrogen) atoms. The number of carbonyl (C=O) groups is 1. The number of rotatable bonds is 4. The molecule has 1 aliphatic rings. The quantitative estimate of drug-likeness (QED) is 0.818. The van der Waals surface area contributed by atoms with E-state index in [1.54, 1.807) is 0 Å². The molecule has 1 fully saturated rings. The number of ether oxygens (including phenoxy) is 1. The van der Waals surface area contributed by atoms with Crippen molar-refractivity contribution >= 4 is 5.91 Å². The number of hydrogen-bond acceptors (Lipinski definition) is 3. The summed E-state index contributed by atoms with van der Waals surface area (Å²) in [6, 6.07) is 7.76. The number of para-hydroxylation sites is 1. The zero-order valence-electron chi connectivity index (χ0n) is 9.82. The second kappa shape index (κ2) is 5.68. The van der Waals surface area contributed by atoms with Crippen molar-refractivity contribution in [3.8, 4) is 5.75 Å². The molecule has 0 radical (unpaired) electrons. The van der Waals surface area contributed by atoms with Gasteiger partial charge in [0.15, 0.2) is 0 Å². The van der Waals surface area contributed by atoms with Crippen molar-refractivity contribution in [1.82, 2.24) is 5.32 Å². The first-order valence-electron chi connectivity index (χ1n) is 5.97. The lowest BCUT2D eigenvalue weighted by molar-refractivity contribution is -0.123. The Morgan fingerprint density at radius 2 is 2.24 bits per heavy atom. The molecule has 4 nitrogen and oxygen atoms in total. The molecule has 1 aliphatic heterocycles. The molecule has 1 atom stereocenters. The van der Waals surface area contributed by atoms with E-state index in [-0.39, 0.29) is 5.91 Å². The Morgan fingerprint density at radius 1 is 1.41 bits per heavy atom. The predicted molar refractivity (Wildman–Crippen MR) is 65.6 cm³/mol. The van der Waals surface area contributed by atoms with Gasteiger partial charge in [-0.05, 0) is 12.5 Å². The zero-order chi connectivity index (χ0) is 12.1. The summed E-state index contributed by atoms with van der Waals surface area (Å²) < 4.78 is 5.76. The fraction of sp³-hybridized carbons (Fsp3) is 0.462. The first-order valence-corrected chi connectivity index (χ1v) is 5.97. The zero-order valence-corrected chi connectivity index (χ0v) is 9.82. The van der Waals surface area contributed by atoms with E-state index in [0.717, 1.165) is 24.3 Å². The third-order valence-electron chi connectivity index (χ3n) is 3.02. The number of piperidine rings is 1. The Labute approximate surface area is 101 Å². The molecular formula is C13H18N2O2. The number of benzene rings is 1. The Hall–Kier alpha value is -1.55. The highest BCUT2D eigenvalue weighted by Crippen LogP contribution is 2.20. The van der Waals surface area contributed by atoms with E-state index in [9.17, 15) is 4.79 Å². The van der Waals surface area contributed by atoms with E-state index < -0.39 is 0 Å². The molecule has 2 rings (SSSR count). The van der Waals surface area contributed by atoms with Crippen molar-refractivity contribution in [2.24, 2.45) is 11.7 Å². The molecule has 0 spiro atoms. The number of nitrogens with two attached hydrogens (primary N) is 1. The molecule has 0 aliphatic carbocycles. The highest BCUT2D eigenvalue weighted by atomic mass is 16.5. The van der Waals surface area contributed by atoms with Gasteiger partial charge in [-0.1, -0.05) is 18.2 Å². The van der Waals surface area contributed by atoms with Gasteiger partial charge < -0.3 is 15.8 Å². The van der Waals surface area contributed by atoms with Crippen LogP contribution in [0, 0.1) is 5.92 Å². The van der Waals surface area contributed by atoms with Gasteiger partial charge >= 0.3 is 0 Å². The van der Waals surface area contributed by atoms with Crippen LogP contribution in [0.5, 0.6) is 5.75 Å². The van der Waals surface area contributed by atoms with Crippen LogP contribution < -0.4 is 15.8 Å². The van der Waals surface area contributed by atoms with Crippen LogP contribution in [0.3, 0.4) is 0 Å². The van der Waals surface area contributed by atoms with Gasteiger partial charge in [-0.15, -0.1) is 0 Å². The minimum absolute atomic E-state index is 0.122. The molecule has 1 saturated heterocycles. The maximum atomic E-state index is 11.2. The fourth-order valence-corrected chi connectivity index (χ4v) is 2.02. The molecule has 0 bridgehead atoms. The van der Waals surface area contributed by atoms with E-state index in [4.69, 9.17) is 10.5 Å². The van der Waals surface area contributed by atoms with E-state index in [2.05, 4.69) is 5.32 Å². The van der Waals surface area contributed by atoms with Crippen LogP contribution in [0.1, 0.15) is 18.4 Å². The van der Waals surface area contributed by atoms with Gasteiger partial charge in [0.25, 0.3) is 0 Å². The van der Waals surface area contributed by atoms with Gasteiger partial charge in [0, 0.05) is 31.0 Å². The molecule has 4 heteroatoms. The Balaban J connectivity index is 1.90. The van der Waals surface area contributed by atoms with E-state index in [1.807, 2.05) is 24.3 Å². The summed E-state index contributed by atoms with van der Waals surface area (Å²) in [7, 11) is 0. The van der Waals surface area contributed by atoms with Crippen molar-refractivity contribution < 1.29 is 9.53 Å². The number of hydrogen-bond donors (Lipinski definition) is 2. The summed E-state index contributed by atoms with van der Waals surface area (Å²) in [6.07, 6.45) is 1.54. The predicted octanol–water partition coefficient (Wildman–Crippen LogP) is 1.05. The lowest BCUT2D eigenvalue weighted by Gasteiger charge is -2.22. The maximum Gasteiger partial charge on any atom is 0.220 e. The molecular weight excluding hydrogens is 216 g/mol. The van der Waals surface area contributed by atoms with Crippen molar-refractivity contribution in [3.63, 3.8) is 0 Å². The summed E-state index contributed by atoms with van der Waals surface area (Å²) >= 11 is 0. The fourth-order valence-electron chi connectivity index (χ4n) is 2.02. The summed E-state index contributed by atoms with van der Waals surface area (Å²) in [5, 5.41) is 2.82. The van der Waals surface area contributed by atoms with Gasteiger partial charge in [0.05, 0.1) is 6.61 Å². The van der Waals surface area contributed by atoms with Crippen molar-refractivity contribution in [2.75, 3.05) is 13.2 Å². The number of carbonyl (C=O) groups excluding carboxylic acids is 1. The average Bonchev–Trinajstić information content (AvgIpc) is 2.37. The Morgan fingerprint density at radius 3 is 3.00 bits per heavy atom. The second-order valence-corrected chi connectivity index (χ2v) is 4.33. The molecule has 0 saturated carbocycles. The van der Waals surface area contributed by atoms with Crippen molar-refractivity contribution in [1.29, 1.82) is 0 Å². The van der Waals surface area contributed by atoms with Crippen LogP contribution in [0.15, 0.2) is 24.3 Å². The molecule has 0 aromatic heterocycles. The van der Waals surface area contributed by atoms with Gasteiger partial charge in [-0.25, -0.2) is 0 Å². The summed E-state index contributed by atoms with van der Waals surface area (Å²) in [4.78, 5) is 11.2. The van der Waals surface area contributed by atoms with Crippen molar-refractivity contribution in [3.05, 3.63) is 29.8 Å². The first-order chi connectivity index (χ1) is 8.29. The van der Waals surface area contributed by atoms with E-state index in [0.29, 0.717) is 25.5 Å². The van der Waals surface area contributed by atoms with Gasteiger partial charge in [-0.3, -0.25) is 4.79 Å². The smallest absolute Gasteiger partial charge is 0.220 e. The van der Waals surface area contributed by atoms with Crippen LogP contribution in [-0.4, -0.2) is 19.1 Å². The second-order valence-electron chi connectivity index (χ2n) is 4.33. The van der Waals surface area contributed by atoms with Crippen LogP contribution in [0.2, 0.25) is 0 Å². The SMILES string of the molecule is NCc1ccccc1OCC1CCNC(=O)C1. The van der Waals surface area contributed by atoms with Crippen LogP contribution in [0.4, 0.5) is 0 Å². The van der Waals surface area contributed by atoms with Crippen LogP contribution in [-0.2, 0) is 11.3 Å². The molecule has 1 unspecified atom stereocenters. The molecule has 92 valence electrons.